The van der Waals surface area contributed by atoms with Crippen LogP contribution in [-0.4, -0.2) is 19.7 Å². The van der Waals surface area contributed by atoms with Crippen molar-refractivity contribution in [1.29, 1.82) is 0 Å². The summed E-state index contributed by atoms with van der Waals surface area (Å²) < 4.78 is 15.7. The van der Waals surface area contributed by atoms with Crippen molar-refractivity contribution in [2.45, 2.75) is 13.3 Å². The van der Waals surface area contributed by atoms with Gasteiger partial charge in [-0.05, 0) is 43.3 Å². The lowest BCUT2D eigenvalue weighted by molar-refractivity contribution is -0.141. The zero-order chi connectivity index (χ0) is 15.1. The van der Waals surface area contributed by atoms with Gasteiger partial charge in [0.25, 0.3) is 0 Å². The Kier molecular flexibility index (Phi) is 5.21. The maximum atomic E-state index is 11.0. The van der Waals surface area contributed by atoms with Gasteiger partial charge in [-0.25, -0.2) is 0 Å². The van der Waals surface area contributed by atoms with Crippen LogP contribution in [0.2, 0.25) is 0 Å². The zero-order valence-electron chi connectivity index (χ0n) is 12.2. The third-order valence-corrected chi connectivity index (χ3v) is 2.88. The lowest BCUT2D eigenvalue weighted by atomic mass is 10.2. The summed E-state index contributed by atoms with van der Waals surface area (Å²) in [5, 5.41) is 0. The van der Waals surface area contributed by atoms with Crippen molar-refractivity contribution >= 4 is 5.97 Å². The molecule has 0 atom stereocenters. The molecule has 110 valence electrons. The number of benzene rings is 2. The van der Waals surface area contributed by atoms with Crippen LogP contribution in [0.4, 0.5) is 0 Å². The van der Waals surface area contributed by atoms with E-state index in [2.05, 4.69) is 4.74 Å². The van der Waals surface area contributed by atoms with E-state index in [0.717, 1.165) is 11.5 Å². The molecule has 0 heterocycles. The van der Waals surface area contributed by atoms with E-state index < -0.39 is 0 Å². The van der Waals surface area contributed by atoms with Crippen molar-refractivity contribution in [2.75, 3.05) is 13.7 Å². The number of hydrogen-bond donors (Lipinski definition) is 0. The molecule has 0 saturated carbocycles. The second-order valence-electron chi connectivity index (χ2n) is 4.56. The Morgan fingerprint density at radius 1 is 0.905 bits per heavy atom. The van der Waals surface area contributed by atoms with Crippen LogP contribution in [0, 0.1) is 6.92 Å². The highest BCUT2D eigenvalue weighted by Gasteiger charge is 2.02. The summed E-state index contributed by atoms with van der Waals surface area (Å²) in [5.74, 6) is 1.93. The molecule has 4 heteroatoms. The van der Waals surface area contributed by atoms with Gasteiger partial charge in [-0.1, -0.05) is 17.7 Å². The van der Waals surface area contributed by atoms with Crippen LogP contribution in [-0.2, 0) is 9.53 Å². The minimum Gasteiger partial charge on any atom is -0.493 e. The summed E-state index contributed by atoms with van der Waals surface area (Å²) in [4.78, 5) is 11.0. The molecule has 0 bridgehead atoms. The average molecular weight is 286 g/mol. The first-order valence-electron chi connectivity index (χ1n) is 6.71. The van der Waals surface area contributed by atoms with E-state index in [4.69, 9.17) is 9.47 Å². The van der Waals surface area contributed by atoms with Crippen molar-refractivity contribution in [3.8, 4) is 17.2 Å². The predicted molar refractivity (Wildman–Crippen MR) is 79.8 cm³/mol. The van der Waals surface area contributed by atoms with E-state index >= 15 is 0 Å². The maximum Gasteiger partial charge on any atom is 0.308 e. The van der Waals surface area contributed by atoms with E-state index in [9.17, 15) is 4.79 Å². The Morgan fingerprint density at radius 3 is 2.00 bits per heavy atom. The van der Waals surface area contributed by atoms with Gasteiger partial charge in [0.15, 0.2) is 0 Å². The summed E-state index contributed by atoms with van der Waals surface area (Å²) >= 11 is 0. The number of aryl methyl sites for hydroxylation is 1. The molecule has 0 spiro atoms. The summed E-state index contributed by atoms with van der Waals surface area (Å²) in [5.41, 5.74) is 1.19. The number of ether oxygens (including phenoxy) is 3. The SMILES string of the molecule is COC(=O)CCOc1ccc(Oc2ccc(C)cc2)cc1. The molecule has 0 saturated heterocycles. The maximum absolute atomic E-state index is 11.0. The van der Waals surface area contributed by atoms with Crippen molar-refractivity contribution < 1.29 is 19.0 Å². The topological polar surface area (TPSA) is 44.8 Å². The molecule has 0 radical (unpaired) electrons. The zero-order valence-corrected chi connectivity index (χ0v) is 12.2. The number of carbonyl (C=O) groups is 1. The molecular formula is C17H18O4. The smallest absolute Gasteiger partial charge is 0.308 e. The first-order valence-corrected chi connectivity index (χ1v) is 6.71. The Hall–Kier alpha value is -2.49. The highest BCUT2D eigenvalue weighted by Crippen LogP contribution is 2.24. The largest absolute Gasteiger partial charge is 0.493 e. The normalized spacial score (nSPS) is 10.0. The quantitative estimate of drug-likeness (QED) is 0.759. The molecule has 2 aromatic carbocycles. The minimum absolute atomic E-state index is 0.234. The van der Waals surface area contributed by atoms with Crippen LogP contribution in [0.5, 0.6) is 17.2 Å². The highest BCUT2D eigenvalue weighted by molar-refractivity contribution is 5.69. The van der Waals surface area contributed by atoms with Crippen molar-refractivity contribution in [2.24, 2.45) is 0 Å². The summed E-state index contributed by atoms with van der Waals surface area (Å²) in [6.45, 7) is 2.33. The van der Waals surface area contributed by atoms with Crippen molar-refractivity contribution in [3.63, 3.8) is 0 Å². The van der Waals surface area contributed by atoms with Crippen LogP contribution in [0.1, 0.15) is 12.0 Å². The molecule has 0 aliphatic carbocycles. The number of methoxy groups -OCH3 is 1. The Balaban J connectivity index is 1.86. The van der Waals surface area contributed by atoms with Crippen molar-refractivity contribution in [3.05, 3.63) is 54.1 Å². The minimum atomic E-state index is -0.283. The molecule has 21 heavy (non-hydrogen) atoms. The molecule has 0 aromatic heterocycles. The lowest BCUT2D eigenvalue weighted by Gasteiger charge is -2.08. The van der Waals surface area contributed by atoms with Gasteiger partial charge in [0.2, 0.25) is 0 Å². The molecule has 0 aliphatic heterocycles. The average Bonchev–Trinajstić information content (AvgIpc) is 2.51. The van der Waals surface area contributed by atoms with Crippen LogP contribution in [0.3, 0.4) is 0 Å². The molecular weight excluding hydrogens is 268 g/mol. The number of esters is 1. The van der Waals surface area contributed by atoms with E-state index in [0.29, 0.717) is 12.4 Å². The van der Waals surface area contributed by atoms with Crippen LogP contribution >= 0.6 is 0 Å². The van der Waals surface area contributed by atoms with E-state index in [1.807, 2.05) is 43.3 Å². The fraction of sp³-hybridized carbons (Fsp3) is 0.235. The van der Waals surface area contributed by atoms with Crippen LogP contribution in [0.15, 0.2) is 48.5 Å². The molecule has 0 N–H and O–H groups in total. The predicted octanol–water partition coefficient (Wildman–Crippen LogP) is 3.73. The Bertz CT molecular complexity index is 573. The summed E-state index contributed by atoms with van der Waals surface area (Å²) in [6, 6.07) is 15.1. The number of carbonyl (C=O) groups excluding carboxylic acids is 1. The fourth-order valence-electron chi connectivity index (χ4n) is 1.70. The molecule has 2 rings (SSSR count). The molecule has 2 aromatic rings. The second kappa shape index (κ2) is 7.33. The number of rotatable bonds is 6. The standard InChI is InChI=1S/C17H18O4/c1-13-3-5-15(6-4-13)21-16-9-7-14(8-10-16)20-12-11-17(18)19-2/h3-10H,11-12H2,1-2H3. The lowest BCUT2D eigenvalue weighted by Crippen LogP contribution is -2.07. The van der Waals surface area contributed by atoms with Gasteiger partial charge in [-0.15, -0.1) is 0 Å². The van der Waals surface area contributed by atoms with E-state index in [1.165, 1.54) is 12.7 Å². The second-order valence-corrected chi connectivity index (χ2v) is 4.56. The van der Waals surface area contributed by atoms with Gasteiger partial charge in [-0.2, -0.15) is 0 Å². The Labute approximate surface area is 124 Å². The van der Waals surface area contributed by atoms with E-state index in [1.54, 1.807) is 12.1 Å². The van der Waals surface area contributed by atoms with Gasteiger partial charge in [0.05, 0.1) is 20.1 Å². The van der Waals surface area contributed by atoms with E-state index in [-0.39, 0.29) is 12.4 Å². The fourth-order valence-corrected chi connectivity index (χ4v) is 1.70. The third kappa shape index (κ3) is 4.84. The Morgan fingerprint density at radius 2 is 1.43 bits per heavy atom. The van der Waals surface area contributed by atoms with Crippen LogP contribution in [0.25, 0.3) is 0 Å². The monoisotopic (exact) mass is 286 g/mol. The summed E-state index contributed by atoms with van der Waals surface area (Å²) in [6.07, 6.45) is 0.234. The molecule has 4 nitrogen and oxygen atoms in total. The van der Waals surface area contributed by atoms with Gasteiger partial charge in [0.1, 0.15) is 17.2 Å². The first-order chi connectivity index (χ1) is 10.2. The van der Waals surface area contributed by atoms with Gasteiger partial charge in [0, 0.05) is 0 Å². The number of hydrogen-bond acceptors (Lipinski definition) is 4. The first kappa shape index (κ1) is 14.9. The third-order valence-electron chi connectivity index (χ3n) is 2.88. The molecule has 0 aliphatic rings. The summed E-state index contributed by atoms with van der Waals surface area (Å²) in [7, 11) is 1.36. The molecule has 0 unspecified atom stereocenters. The van der Waals surface area contributed by atoms with Crippen molar-refractivity contribution in [1.82, 2.24) is 0 Å². The molecule has 0 amide bonds. The van der Waals surface area contributed by atoms with Crippen LogP contribution < -0.4 is 9.47 Å². The molecule has 0 fully saturated rings. The van der Waals surface area contributed by atoms with Gasteiger partial charge >= 0.3 is 5.97 Å². The van der Waals surface area contributed by atoms with Gasteiger partial charge < -0.3 is 14.2 Å². The highest BCUT2D eigenvalue weighted by atomic mass is 16.5. The van der Waals surface area contributed by atoms with Gasteiger partial charge in [-0.3, -0.25) is 4.79 Å².